The Hall–Kier alpha value is -1.37. The molecule has 0 fully saturated rings. The number of nitrogens with two attached hydrogens (primary N) is 1. The molecule has 0 aliphatic rings. The molecule has 1 heterocycles. The van der Waals surface area contributed by atoms with Gasteiger partial charge in [0.2, 0.25) is 0 Å². The summed E-state index contributed by atoms with van der Waals surface area (Å²) in [6, 6.07) is 9.46. The van der Waals surface area contributed by atoms with Crippen LogP contribution >= 0.6 is 22.6 Å². The monoisotopic (exact) mass is 313 g/mol. The van der Waals surface area contributed by atoms with Crippen LogP contribution in [-0.2, 0) is 0 Å². The number of halogens is 1. The van der Waals surface area contributed by atoms with Gasteiger partial charge in [-0.3, -0.25) is 9.89 Å². The number of aromatic nitrogens is 2. The third kappa shape index (κ3) is 2.01. The number of nitrogens with zero attached hydrogens (tertiary/aromatic N) is 1. The average molecular weight is 313 g/mol. The van der Waals surface area contributed by atoms with Crippen molar-refractivity contribution in [3.05, 3.63) is 39.6 Å². The van der Waals surface area contributed by atoms with E-state index in [1.807, 2.05) is 24.3 Å². The minimum atomic E-state index is -0.500. The zero-order chi connectivity index (χ0) is 10.8. The summed E-state index contributed by atoms with van der Waals surface area (Å²) in [5, 5.41) is 6.64. The van der Waals surface area contributed by atoms with E-state index >= 15 is 0 Å². The highest BCUT2D eigenvalue weighted by Gasteiger charge is 2.09. The van der Waals surface area contributed by atoms with E-state index in [0.29, 0.717) is 5.69 Å². The van der Waals surface area contributed by atoms with Crippen LogP contribution in [0.25, 0.3) is 11.3 Å². The number of H-pyrrole nitrogens is 1. The lowest BCUT2D eigenvalue weighted by Gasteiger charge is -1.98. The third-order valence-electron chi connectivity index (χ3n) is 1.99. The standard InChI is InChI=1S/C10H8IN3O/c11-7-4-2-1-3-6(7)8-5-9(10(12)15)14-13-8/h1-5H,(H2,12,15)(H,13,14). The molecule has 0 aliphatic carbocycles. The molecule has 0 unspecified atom stereocenters. The second-order valence-electron chi connectivity index (χ2n) is 3.01. The fourth-order valence-electron chi connectivity index (χ4n) is 1.25. The van der Waals surface area contributed by atoms with Crippen LogP contribution in [0.15, 0.2) is 30.3 Å². The second-order valence-corrected chi connectivity index (χ2v) is 4.17. The van der Waals surface area contributed by atoms with Crippen molar-refractivity contribution in [1.29, 1.82) is 0 Å². The van der Waals surface area contributed by atoms with E-state index in [1.54, 1.807) is 6.07 Å². The number of hydrogen-bond acceptors (Lipinski definition) is 2. The van der Waals surface area contributed by atoms with E-state index < -0.39 is 5.91 Å². The van der Waals surface area contributed by atoms with Gasteiger partial charge in [0.25, 0.3) is 5.91 Å². The van der Waals surface area contributed by atoms with Crippen molar-refractivity contribution >= 4 is 28.5 Å². The molecule has 1 amide bonds. The van der Waals surface area contributed by atoms with Gasteiger partial charge < -0.3 is 5.73 Å². The first-order valence-corrected chi connectivity index (χ1v) is 5.36. The predicted molar refractivity (Wildman–Crippen MR) is 65.3 cm³/mol. The van der Waals surface area contributed by atoms with Gasteiger partial charge in [-0.2, -0.15) is 5.10 Å². The van der Waals surface area contributed by atoms with Gasteiger partial charge in [-0.05, 0) is 34.7 Å². The second kappa shape index (κ2) is 4.01. The lowest BCUT2D eigenvalue weighted by Crippen LogP contribution is -2.10. The maximum Gasteiger partial charge on any atom is 0.266 e. The molecule has 0 atom stereocenters. The summed E-state index contributed by atoms with van der Waals surface area (Å²) < 4.78 is 1.08. The molecule has 0 aliphatic heterocycles. The molecule has 0 spiro atoms. The largest absolute Gasteiger partial charge is 0.364 e. The fourth-order valence-corrected chi connectivity index (χ4v) is 1.92. The molecule has 3 N–H and O–H groups in total. The molecule has 76 valence electrons. The Kier molecular flexibility index (Phi) is 2.72. The summed E-state index contributed by atoms with van der Waals surface area (Å²) in [4.78, 5) is 10.9. The molecule has 4 nitrogen and oxygen atoms in total. The van der Waals surface area contributed by atoms with Crippen LogP contribution in [0.4, 0.5) is 0 Å². The predicted octanol–water partition coefficient (Wildman–Crippen LogP) is 1.78. The van der Waals surface area contributed by atoms with Crippen LogP contribution in [-0.4, -0.2) is 16.1 Å². The van der Waals surface area contributed by atoms with Crippen LogP contribution < -0.4 is 5.73 Å². The zero-order valence-electron chi connectivity index (χ0n) is 7.70. The highest BCUT2D eigenvalue weighted by molar-refractivity contribution is 14.1. The minimum Gasteiger partial charge on any atom is -0.364 e. The number of carbonyl (C=O) groups excluding carboxylic acids is 1. The SMILES string of the molecule is NC(=O)c1cc(-c2ccccc2I)n[nH]1. The Labute approximate surface area is 100 Å². The fraction of sp³-hybridized carbons (Fsp3) is 0. The molecular weight excluding hydrogens is 305 g/mol. The number of benzene rings is 1. The number of nitrogens with one attached hydrogen (secondary N) is 1. The lowest BCUT2D eigenvalue weighted by molar-refractivity contribution is 0.0995. The number of hydrogen-bond donors (Lipinski definition) is 2. The summed E-state index contributed by atoms with van der Waals surface area (Å²) in [7, 11) is 0. The quantitative estimate of drug-likeness (QED) is 0.830. The highest BCUT2D eigenvalue weighted by Crippen LogP contribution is 2.23. The molecule has 0 bridgehead atoms. The van der Waals surface area contributed by atoms with E-state index in [1.165, 1.54) is 0 Å². The molecule has 5 heteroatoms. The number of aromatic amines is 1. The zero-order valence-corrected chi connectivity index (χ0v) is 9.86. The summed E-state index contributed by atoms with van der Waals surface area (Å²) >= 11 is 2.22. The highest BCUT2D eigenvalue weighted by atomic mass is 127. The van der Waals surface area contributed by atoms with Crippen LogP contribution in [0.5, 0.6) is 0 Å². The maximum atomic E-state index is 10.9. The normalized spacial score (nSPS) is 10.2. The van der Waals surface area contributed by atoms with Crippen LogP contribution in [0.3, 0.4) is 0 Å². The molecule has 1 aromatic heterocycles. The van der Waals surface area contributed by atoms with Crippen molar-refractivity contribution in [3.63, 3.8) is 0 Å². The first kappa shape index (κ1) is 10.2. The molecule has 2 aromatic rings. The van der Waals surface area contributed by atoms with Gasteiger partial charge in [-0.15, -0.1) is 0 Å². The van der Waals surface area contributed by atoms with Crippen molar-refractivity contribution in [2.45, 2.75) is 0 Å². The number of rotatable bonds is 2. The average Bonchev–Trinajstić information content (AvgIpc) is 2.67. The van der Waals surface area contributed by atoms with Crippen molar-refractivity contribution in [2.75, 3.05) is 0 Å². The summed E-state index contributed by atoms with van der Waals surface area (Å²) in [6.07, 6.45) is 0. The van der Waals surface area contributed by atoms with Gasteiger partial charge in [-0.1, -0.05) is 18.2 Å². The van der Waals surface area contributed by atoms with E-state index in [4.69, 9.17) is 5.73 Å². The van der Waals surface area contributed by atoms with Gasteiger partial charge in [0, 0.05) is 9.13 Å². The van der Waals surface area contributed by atoms with Gasteiger partial charge >= 0.3 is 0 Å². The summed E-state index contributed by atoms with van der Waals surface area (Å²) in [6.45, 7) is 0. The van der Waals surface area contributed by atoms with Crippen LogP contribution in [0.2, 0.25) is 0 Å². The molecule has 15 heavy (non-hydrogen) atoms. The Bertz CT molecular complexity index is 507. The summed E-state index contributed by atoms with van der Waals surface area (Å²) in [5.41, 5.74) is 7.17. The Morgan fingerprint density at radius 3 is 2.73 bits per heavy atom. The van der Waals surface area contributed by atoms with Crippen LogP contribution in [0.1, 0.15) is 10.5 Å². The summed E-state index contributed by atoms with van der Waals surface area (Å²) in [5.74, 6) is -0.500. The van der Waals surface area contributed by atoms with Crippen molar-refractivity contribution < 1.29 is 4.79 Å². The van der Waals surface area contributed by atoms with Crippen molar-refractivity contribution in [1.82, 2.24) is 10.2 Å². The van der Waals surface area contributed by atoms with Crippen LogP contribution in [0, 0.1) is 3.57 Å². The minimum absolute atomic E-state index is 0.324. The van der Waals surface area contributed by atoms with E-state index in [9.17, 15) is 4.79 Å². The molecule has 0 radical (unpaired) electrons. The topological polar surface area (TPSA) is 71.8 Å². The molecular formula is C10H8IN3O. The van der Waals surface area contributed by atoms with Gasteiger partial charge in [0.1, 0.15) is 5.69 Å². The molecule has 1 aromatic carbocycles. The Balaban J connectivity index is 2.46. The van der Waals surface area contributed by atoms with Crippen molar-refractivity contribution in [2.24, 2.45) is 5.73 Å². The first-order chi connectivity index (χ1) is 7.18. The van der Waals surface area contributed by atoms with Gasteiger partial charge in [0.15, 0.2) is 0 Å². The Morgan fingerprint density at radius 2 is 2.13 bits per heavy atom. The number of carbonyl (C=O) groups is 1. The lowest BCUT2D eigenvalue weighted by atomic mass is 10.1. The molecule has 0 saturated heterocycles. The number of amides is 1. The first-order valence-electron chi connectivity index (χ1n) is 4.28. The van der Waals surface area contributed by atoms with E-state index in [2.05, 4.69) is 32.8 Å². The van der Waals surface area contributed by atoms with E-state index in [-0.39, 0.29) is 0 Å². The van der Waals surface area contributed by atoms with Gasteiger partial charge in [0.05, 0.1) is 5.69 Å². The number of primary amides is 1. The maximum absolute atomic E-state index is 10.9. The Morgan fingerprint density at radius 1 is 1.40 bits per heavy atom. The molecule has 2 rings (SSSR count). The van der Waals surface area contributed by atoms with Crippen molar-refractivity contribution in [3.8, 4) is 11.3 Å². The molecule has 0 saturated carbocycles. The third-order valence-corrected chi connectivity index (χ3v) is 2.93. The van der Waals surface area contributed by atoms with E-state index in [0.717, 1.165) is 14.8 Å². The smallest absolute Gasteiger partial charge is 0.266 e. The van der Waals surface area contributed by atoms with Gasteiger partial charge in [-0.25, -0.2) is 0 Å².